The number of rotatable bonds is 5. The van der Waals surface area contributed by atoms with E-state index in [-0.39, 0.29) is 6.54 Å². The van der Waals surface area contributed by atoms with Gasteiger partial charge in [-0.05, 0) is 24.4 Å². The van der Waals surface area contributed by atoms with Crippen LogP contribution in [-0.4, -0.2) is 34.7 Å². The fourth-order valence-electron chi connectivity index (χ4n) is 2.07. The summed E-state index contributed by atoms with van der Waals surface area (Å²) >= 11 is 0. The Balaban J connectivity index is 2.05. The normalized spacial score (nSPS) is 12.8. The van der Waals surface area contributed by atoms with Gasteiger partial charge in [-0.1, -0.05) is 18.2 Å². The van der Waals surface area contributed by atoms with E-state index >= 15 is 0 Å². The zero-order chi connectivity index (χ0) is 14.7. The van der Waals surface area contributed by atoms with Crippen LogP contribution in [0, 0.1) is 6.92 Å². The third-order valence-electron chi connectivity index (χ3n) is 3.12. The largest absolute Gasteiger partial charge is 0.385 e. The molecule has 0 saturated heterocycles. The summed E-state index contributed by atoms with van der Waals surface area (Å²) in [6.45, 7) is 1.46. The summed E-state index contributed by atoms with van der Waals surface area (Å²) in [6.07, 6.45) is -4.69. The van der Waals surface area contributed by atoms with Crippen LogP contribution in [0.5, 0.6) is 0 Å². The minimum absolute atomic E-state index is 0.0370. The Morgan fingerprint density at radius 1 is 1.40 bits per heavy atom. The Bertz CT molecular complexity index is 610. The molecular weight excluding hydrogens is 266 g/mol. The molecule has 1 aromatic carbocycles. The smallest absolute Gasteiger partial charge is 0.265 e. The van der Waals surface area contributed by atoms with Gasteiger partial charge in [0.05, 0.1) is 0 Å². The van der Waals surface area contributed by atoms with Crippen LogP contribution in [0.4, 0.5) is 8.78 Å². The highest BCUT2D eigenvalue weighted by molar-refractivity contribution is 5.84. The summed E-state index contributed by atoms with van der Waals surface area (Å²) in [5, 5.41) is 12.3. The van der Waals surface area contributed by atoms with Crippen LogP contribution in [0.1, 0.15) is 5.69 Å². The molecule has 6 heteroatoms. The van der Waals surface area contributed by atoms with Crippen LogP contribution in [0.3, 0.4) is 0 Å². The van der Waals surface area contributed by atoms with Gasteiger partial charge in [0, 0.05) is 17.8 Å². The van der Waals surface area contributed by atoms with Crippen LogP contribution in [-0.2, 0) is 11.3 Å². The van der Waals surface area contributed by atoms with E-state index in [1.54, 1.807) is 4.57 Å². The van der Waals surface area contributed by atoms with Gasteiger partial charge in [0.2, 0.25) is 5.91 Å². The molecule has 0 saturated carbocycles. The zero-order valence-electron chi connectivity index (χ0n) is 11.0. The van der Waals surface area contributed by atoms with E-state index in [0.29, 0.717) is 0 Å². The highest BCUT2D eigenvalue weighted by Crippen LogP contribution is 2.18. The number of aryl methyl sites for hydroxylation is 1. The quantitative estimate of drug-likeness (QED) is 0.877. The molecule has 1 aromatic heterocycles. The van der Waals surface area contributed by atoms with E-state index in [9.17, 15) is 13.6 Å². The molecule has 1 unspecified atom stereocenters. The molecule has 0 spiro atoms. The van der Waals surface area contributed by atoms with Crippen molar-refractivity contribution in [3.05, 3.63) is 36.0 Å². The Kier molecular flexibility index (Phi) is 4.34. The lowest BCUT2D eigenvalue weighted by atomic mass is 10.2. The summed E-state index contributed by atoms with van der Waals surface area (Å²) in [4.78, 5) is 11.7. The number of carbonyl (C=O) groups is 1. The molecule has 2 rings (SSSR count). The second-order valence-corrected chi connectivity index (χ2v) is 4.64. The number of benzene rings is 1. The minimum atomic E-state index is -2.86. The third kappa shape index (κ3) is 3.14. The number of aromatic nitrogens is 1. The van der Waals surface area contributed by atoms with Gasteiger partial charge in [-0.2, -0.15) is 0 Å². The Labute approximate surface area is 115 Å². The summed E-state index contributed by atoms with van der Waals surface area (Å²) in [6, 6.07) is 9.57. The maximum absolute atomic E-state index is 12.1. The number of amides is 1. The first-order chi connectivity index (χ1) is 9.49. The fourth-order valence-corrected chi connectivity index (χ4v) is 2.07. The lowest BCUT2D eigenvalue weighted by Crippen LogP contribution is -2.37. The van der Waals surface area contributed by atoms with Crippen molar-refractivity contribution in [1.82, 2.24) is 9.88 Å². The first-order valence-corrected chi connectivity index (χ1v) is 6.27. The van der Waals surface area contributed by atoms with Crippen LogP contribution in [0.2, 0.25) is 0 Å². The van der Waals surface area contributed by atoms with Crippen molar-refractivity contribution in [1.29, 1.82) is 0 Å². The van der Waals surface area contributed by atoms with E-state index in [0.717, 1.165) is 16.6 Å². The van der Waals surface area contributed by atoms with Gasteiger partial charge in [0.1, 0.15) is 12.6 Å². The van der Waals surface area contributed by atoms with Gasteiger partial charge in [-0.3, -0.25) is 4.79 Å². The van der Waals surface area contributed by atoms with Crippen molar-refractivity contribution in [2.24, 2.45) is 0 Å². The number of alkyl halides is 2. The second kappa shape index (κ2) is 6.00. The molecule has 1 atom stereocenters. The van der Waals surface area contributed by atoms with Crippen LogP contribution >= 0.6 is 0 Å². The summed E-state index contributed by atoms with van der Waals surface area (Å²) in [5.41, 5.74) is 1.82. The number of halogens is 2. The standard InChI is InChI=1S/C14H16F2N2O2/c1-9-6-10-4-2-3-5-11(10)18(9)8-13(20)17-7-12(19)14(15)16/h2-6,12,14,19H,7-8H2,1H3,(H,17,20). The molecule has 1 amide bonds. The molecule has 0 aliphatic carbocycles. The maximum Gasteiger partial charge on any atom is 0.265 e. The van der Waals surface area contributed by atoms with E-state index in [2.05, 4.69) is 5.32 Å². The lowest BCUT2D eigenvalue weighted by molar-refractivity contribution is -0.122. The predicted molar refractivity (Wildman–Crippen MR) is 71.7 cm³/mol. The van der Waals surface area contributed by atoms with Crippen molar-refractivity contribution in [2.45, 2.75) is 26.0 Å². The molecule has 0 aliphatic heterocycles. The molecule has 0 bridgehead atoms. The number of carbonyl (C=O) groups excluding carboxylic acids is 1. The Morgan fingerprint density at radius 2 is 2.10 bits per heavy atom. The molecule has 4 nitrogen and oxygen atoms in total. The average Bonchev–Trinajstić information content (AvgIpc) is 2.72. The summed E-state index contributed by atoms with van der Waals surface area (Å²) in [5.74, 6) is -0.408. The first kappa shape index (κ1) is 14.5. The van der Waals surface area contributed by atoms with Crippen LogP contribution in [0.25, 0.3) is 10.9 Å². The first-order valence-electron chi connectivity index (χ1n) is 6.27. The van der Waals surface area contributed by atoms with E-state index in [1.807, 2.05) is 37.3 Å². The number of nitrogens with one attached hydrogen (secondary N) is 1. The average molecular weight is 282 g/mol. The van der Waals surface area contributed by atoms with E-state index in [4.69, 9.17) is 5.11 Å². The van der Waals surface area contributed by atoms with Crippen molar-refractivity contribution in [3.8, 4) is 0 Å². The zero-order valence-corrected chi connectivity index (χ0v) is 11.0. The van der Waals surface area contributed by atoms with Gasteiger partial charge in [-0.15, -0.1) is 0 Å². The highest BCUT2D eigenvalue weighted by atomic mass is 19.3. The molecule has 0 aliphatic rings. The number of para-hydroxylation sites is 1. The number of fused-ring (bicyclic) bond motifs is 1. The van der Waals surface area contributed by atoms with E-state index < -0.39 is 25.0 Å². The maximum atomic E-state index is 12.1. The van der Waals surface area contributed by atoms with E-state index in [1.165, 1.54) is 0 Å². The van der Waals surface area contributed by atoms with Crippen molar-refractivity contribution < 1.29 is 18.7 Å². The molecule has 0 fully saturated rings. The number of hydrogen-bond acceptors (Lipinski definition) is 2. The monoisotopic (exact) mass is 282 g/mol. The Hall–Kier alpha value is -1.95. The van der Waals surface area contributed by atoms with Crippen molar-refractivity contribution >= 4 is 16.8 Å². The minimum Gasteiger partial charge on any atom is -0.385 e. The van der Waals surface area contributed by atoms with Gasteiger partial charge in [0.25, 0.3) is 6.43 Å². The Morgan fingerprint density at radius 3 is 2.80 bits per heavy atom. The molecule has 1 heterocycles. The van der Waals surface area contributed by atoms with Crippen molar-refractivity contribution in [3.63, 3.8) is 0 Å². The van der Waals surface area contributed by atoms with Crippen LogP contribution in [0.15, 0.2) is 30.3 Å². The van der Waals surface area contributed by atoms with Gasteiger partial charge >= 0.3 is 0 Å². The van der Waals surface area contributed by atoms with Crippen molar-refractivity contribution in [2.75, 3.05) is 6.54 Å². The molecular formula is C14H16F2N2O2. The van der Waals surface area contributed by atoms with Crippen LogP contribution < -0.4 is 5.32 Å². The summed E-state index contributed by atoms with van der Waals surface area (Å²) < 4.78 is 26.0. The predicted octanol–water partition coefficient (Wildman–Crippen LogP) is 1.69. The third-order valence-corrected chi connectivity index (χ3v) is 3.12. The van der Waals surface area contributed by atoms with Gasteiger partial charge in [0.15, 0.2) is 0 Å². The molecule has 0 radical (unpaired) electrons. The SMILES string of the molecule is Cc1cc2ccccc2n1CC(=O)NCC(O)C(F)F. The molecule has 108 valence electrons. The van der Waals surface area contributed by atoms with Gasteiger partial charge in [-0.25, -0.2) is 8.78 Å². The molecule has 2 N–H and O–H groups in total. The number of nitrogens with zero attached hydrogens (tertiary/aromatic N) is 1. The number of aliphatic hydroxyl groups is 1. The van der Waals surface area contributed by atoms with Gasteiger partial charge < -0.3 is 15.0 Å². The second-order valence-electron chi connectivity index (χ2n) is 4.64. The molecule has 20 heavy (non-hydrogen) atoms. The number of aliphatic hydroxyl groups excluding tert-OH is 1. The topological polar surface area (TPSA) is 54.3 Å². The number of hydrogen-bond donors (Lipinski definition) is 2. The lowest BCUT2D eigenvalue weighted by Gasteiger charge is -2.12. The fraction of sp³-hybridized carbons (Fsp3) is 0.357. The molecule has 2 aromatic rings. The summed E-state index contributed by atoms with van der Waals surface area (Å²) in [7, 11) is 0. The highest BCUT2D eigenvalue weighted by Gasteiger charge is 2.17.